The van der Waals surface area contributed by atoms with Crippen LogP contribution in [0, 0.1) is 12.3 Å². The van der Waals surface area contributed by atoms with E-state index in [0.717, 1.165) is 47.1 Å². The number of esters is 1. The Hall–Kier alpha value is -3.73. The van der Waals surface area contributed by atoms with Crippen molar-refractivity contribution in [3.05, 3.63) is 52.8 Å². The molecule has 2 aromatic heterocycles. The van der Waals surface area contributed by atoms with Crippen LogP contribution in [0.1, 0.15) is 86.1 Å². The largest absolute Gasteiger partial charge is 0.496 e. The lowest BCUT2D eigenvalue weighted by atomic mass is 9.59. The molecule has 0 unspecified atom stereocenters. The molecule has 11 heteroatoms. The molecule has 1 saturated carbocycles. The molecule has 2 aliphatic heterocycles. The van der Waals surface area contributed by atoms with E-state index in [1.807, 2.05) is 45.9 Å². The number of piperidine rings is 1. The molecule has 242 valence electrons. The van der Waals surface area contributed by atoms with Crippen LogP contribution in [-0.4, -0.2) is 71.9 Å². The van der Waals surface area contributed by atoms with Gasteiger partial charge in [0, 0.05) is 61.2 Å². The Kier molecular flexibility index (Phi) is 7.82. The van der Waals surface area contributed by atoms with Crippen LogP contribution in [0.15, 0.2) is 30.5 Å². The monoisotopic (exact) mass is 624 g/mol. The van der Waals surface area contributed by atoms with Crippen molar-refractivity contribution in [3.8, 4) is 5.75 Å². The van der Waals surface area contributed by atoms with Crippen LogP contribution in [0.2, 0.25) is 0 Å². The van der Waals surface area contributed by atoms with Crippen molar-refractivity contribution in [3.63, 3.8) is 0 Å². The lowest BCUT2D eigenvalue weighted by molar-refractivity contribution is -0.186. The van der Waals surface area contributed by atoms with Crippen LogP contribution < -0.4 is 9.64 Å². The number of halogens is 2. The molecule has 0 amide bonds. The van der Waals surface area contributed by atoms with Crippen molar-refractivity contribution < 1.29 is 32.6 Å². The van der Waals surface area contributed by atoms with Gasteiger partial charge in [0.15, 0.2) is 5.69 Å². The SMILES string of the molecule is COC(=O)c1ccc([C@@H]2CC3(CCN2Cc2c(OC)cc(C)c4c2ccn4C(=O)OC(C)(C)C)CC(F)(F)C3)c(N2CCC2)n1. The molecule has 9 nitrogen and oxygen atoms in total. The summed E-state index contributed by atoms with van der Waals surface area (Å²) < 4.78 is 46.7. The number of likely N-dealkylation sites (tertiary alicyclic amines) is 1. The van der Waals surface area contributed by atoms with Gasteiger partial charge in [-0.15, -0.1) is 0 Å². The number of aryl methyl sites for hydroxylation is 1. The standard InChI is InChI=1S/C34H42F2N4O5/c1-21-16-27(43-5)24(22-10-14-40(28(21)22)31(42)45-32(2,3)4)18-39-15-11-33(19-34(35,36)20-33)17-26(39)23-8-9-25(30(41)44-6)37-29(23)38-12-7-13-38/h8-10,14,16,26H,7,11-13,15,17-20H2,1-6H3/t26-/m0/s1. The van der Waals surface area contributed by atoms with Gasteiger partial charge in [0.1, 0.15) is 17.2 Å². The summed E-state index contributed by atoms with van der Waals surface area (Å²) in [5.74, 6) is -1.76. The summed E-state index contributed by atoms with van der Waals surface area (Å²) in [6.45, 7) is 10.1. The highest BCUT2D eigenvalue weighted by molar-refractivity contribution is 5.95. The number of alkyl halides is 2. The number of pyridine rings is 1. The summed E-state index contributed by atoms with van der Waals surface area (Å²) in [7, 11) is 2.96. The summed E-state index contributed by atoms with van der Waals surface area (Å²) in [4.78, 5) is 34.8. The number of rotatable bonds is 6. The van der Waals surface area contributed by atoms with E-state index in [1.165, 1.54) is 11.7 Å². The van der Waals surface area contributed by atoms with Crippen molar-refractivity contribution in [2.24, 2.45) is 5.41 Å². The van der Waals surface area contributed by atoms with Gasteiger partial charge in [-0.25, -0.2) is 23.4 Å². The average molecular weight is 625 g/mol. The number of hydrogen-bond donors (Lipinski definition) is 0. The molecule has 3 fully saturated rings. The Balaban J connectivity index is 1.42. The van der Waals surface area contributed by atoms with Crippen LogP contribution >= 0.6 is 0 Å². The molecule has 0 N–H and O–H groups in total. The van der Waals surface area contributed by atoms with Gasteiger partial charge in [0.05, 0.1) is 19.7 Å². The maximum atomic E-state index is 14.3. The molecular weight excluding hydrogens is 582 g/mol. The molecule has 1 atom stereocenters. The number of nitrogens with zero attached hydrogens (tertiary/aromatic N) is 4. The zero-order chi connectivity index (χ0) is 32.3. The highest BCUT2D eigenvalue weighted by Gasteiger charge is 2.58. The summed E-state index contributed by atoms with van der Waals surface area (Å²) >= 11 is 0. The predicted octanol–water partition coefficient (Wildman–Crippen LogP) is 6.89. The minimum atomic E-state index is -2.64. The van der Waals surface area contributed by atoms with Gasteiger partial charge in [-0.2, -0.15) is 0 Å². The Bertz CT molecular complexity index is 1630. The molecule has 4 heterocycles. The first-order valence-corrected chi connectivity index (χ1v) is 15.6. The normalized spacial score (nSPS) is 20.9. The average Bonchev–Trinajstić information content (AvgIpc) is 3.38. The maximum absolute atomic E-state index is 14.3. The molecule has 6 rings (SSSR count). The van der Waals surface area contributed by atoms with E-state index in [2.05, 4.69) is 9.80 Å². The molecule has 0 radical (unpaired) electrons. The molecule has 3 aliphatic rings. The van der Waals surface area contributed by atoms with Gasteiger partial charge >= 0.3 is 12.1 Å². The fraction of sp³-hybridized carbons (Fsp3) is 0.559. The van der Waals surface area contributed by atoms with E-state index in [-0.39, 0.29) is 24.6 Å². The molecule has 1 spiro atoms. The van der Waals surface area contributed by atoms with E-state index in [0.29, 0.717) is 37.5 Å². The van der Waals surface area contributed by atoms with E-state index < -0.39 is 29.0 Å². The van der Waals surface area contributed by atoms with Gasteiger partial charge in [0.25, 0.3) is 0 Å². The first-order chi connectivity index (χ1) is 21.2. The lowest BCUT2D eigenvalue weighted by Crippen LogP contribution is -2.53. The number of benzene rings is 1. The van der Waals surface area contributed by atoms with Crippen molar-refractivity contribution >= 4 is 28.8 Å². The van der Waals surface area contributed by atoms with E-state index in [4.69, 9.17) is 19.2 Å². The summed E-state index contributed by atoms with van der Waals surface area (Å²) in [6.07, 6.45) is 3.26. The van der Waals surface area contributed by atoms with Crippen molar-refractivity contribution in [2.45, 2.75) is 83.9 Å². The maximum Gasteiger partial charge on any atom is 0.419 e. The number of ether oxygens (including phenoxy) is 3. The highest BCUT2D eigenvalue weighted by atomic mass is 19.3. The van der Waals surface area contributed by atoms with Crippen LogP contribution in [0.25, 0.3) is 10.9 Å². The molecule has 1 aromatic carbocycles. The zero-order valence-corrected chi connectivity index (χ0v) is 26.9. The Labute approximate surface area is 262 Å². The summed E-state index contributed by atoms with van der Waals surface area (Å²) in [5, 5.41) is 0.869. The van der Waals surface area contributed by atoms with Crippen LogP contribution in [-0.2, 0) is 16.0 Å². The highest BCUT2D eigenvalue weighted by Crippen LogP contribution is 2.61. The van der Waals surface area contributed by atoms with Crippen molar-refractivity contribution in [1.82, 2.24) is 14.5 Å². The zero-order valence-electron chi connectivity index (χ0n) is 26.9. The summed E-state index contributed by atoms with van der Waals surface area (Å²) in [5.41, 5.74) is 2.56. The third-order valence-electron chi connectivity index (χ3n) is 9.48. The summed E-state index contributed by atoms with van der Waals surface area (Å²) in [6, 6.07) is 7.21. The molecule has 0 bridgehead atoms. The second-order valence-electron chi connectivity index (χ2n) is 13.9. The quantitative estimate of drug-likeness (QED) is 0.274. The predicted molar refractivity (Wildman–Crippen MR) is 166 cm³/mol. The van der Waals surface area contributed by atoms with E-state index >= 15 is 0 Å². The third kappa shape index (κ3) is 5.87. The second kappa shape index (κ2) is 11.3. The first kappa shape index (κ1) is 31.3. The minimum absolute atomic E-state index is 0.117. The number of anilines is 1. The molecule has 3 aromatic rings. The molecule has 2 saturated heterocycles. The third-order valence-corrected chi connectivity index (χ3v) is 9.48. The van der Waals surface area contributed by atoms with E-state index in [9.17, 15) is 18.4 Å². The van der Waals surface area contributed by atoms with Gasteiger partial charge in [-0.05, 0) is 82.7 Å². The number of hydrogen-bond acceptors (Lipinski definition) is 8. The fourth-order valence-corrected chi connectivity index (χ4v) is 7.33. The van der Waals surface area contributed by atoms with Gasteiger partial charge < -0.3 is 19.1 Å². The Morgan fingerprint density at radius 1 is 1.09 bits per heavy atom. The number of carbonyl (C=O) groups excluding carboxylic acids is 2. The minimum Gasteiger partial charge on any atom is -0.496 e. The Morgan fingerprint density at radius 2 is 1.82 bits per heavy atom. The van der Waals surface area contributed by atoms with Crippen molar-refractivity contribution in [2.75, 3.05) is 38.8 Å². The van der Waals surface area contributed by atoms with E-state index in [1.54, 1.807) is 19.4 Å². The van der Waals surface area contributed by atoms with Gasteiger partial charge in [0.2, 0.25) is 5.92 Å². The number of aromatic nitrogens is 2. The number of methoxy groups -OCH3 is 2. The van der Waals surface area contributed by atoms with Gasteiger partial charge in [-0.3, -0.25) is 9.47 Å². The smallest absolute Gasteiger partial charge is 0.419 e. The van der Waals surface area contributed by atoms with Gasteiger partial charge in [-0.1, -0.05) is 6.07 Å². The van der Waals surface area contributed by atoms with Crippen LogP contribution in [0.5, 0.6) is 5.75 Å². The topological polar surface area (TPSA) is 86.1 Å². The van der Waals surface area contributed by atoms with Crippen LogP contribution in [0.4, 0.5) is 19.4 Å². The first-order valence-electron chi connectivity index (χ1n) is 15.6. The molecule has 45 heavy (non-hydrogen) atoms. The Morgan fingerprint density at radius 3 is 2.42 bits per heavy atom. The number of carbonyl (C=O) groups is 2. The lowest BCUT2D eigenvalue weighted by Gasteiger charge is -2.55. The van der Waals surface area contributed by atoms with Crippen LogP contribution in [0.3, 0.4) is 0 Å². The van der Waals surface area contributed by atoms with Crippen molar-refractivity contribution in [1.29, 1.82) is 0 Å². The number of fused-ring (bicyclic) bond motifs is 1. The molecular formula is C34H42F2N4O5. The molecule has 1 aliphatic carbocycles. The second-order valence-corrected chi connectivity index (χ2v) is 13.9. The fourth-order valence-electron chi connectivity index (χ4n) is 7.33.